The lowest BCUT2D eigenvalue weighted by atomic mass is 10.3. The Balaban J connectivity index is 1.62. The minimum Gasteiger partial charge on any atom is -0.379 e. The first-order valence-electron chi connectivity index (χ1n) is 4.89. The van der Waals surface area contributed by atoms with Crippen LogP contribution in [-0.2, 0) is 11.3 Å². The van der Waals surface area contributed by atoms with Crippen molar-refractivity contribution in [3.63, 3.8) is 0 Å². The zero-order valence-corrected chi connectivity index (χ0v) is 8.09. The molecule has 0 spiro atoms. The van der Waals surface area contributed by atoms with Gasteiger partial charge < -0.3 is 4.74 Å². The molecule has 77 valence electrons. The predicted octanol–water partition coefficient (Wildman–Crippen LogP) is -0.804. The average molecular weight is 196 g/mol. The van der Waals surface area contributed by atoms with Gasteiger partial charge in [0, 0.05) is 26.2 Å². The summed E-state index contributed by atoms with van der Waals surface area (Å²) in [5.74, 6) is 0. The molecule has 0 saturated carbocycles. The molecule has 0 unspecified atom stereocenters. The van der Waals surface area contributed by atoms with Gasteiger partial charge in [0.15, 0.2) is 0 Å². The molecule has 6 nitrogen and oxygen atoms in total. The monoisotopic (exact) mass is 196 g/mol. The SMILES string of the molecule is [c]1nnnn1CCCN1CCOCC1. The van der Waals surface area contributed by atoms with Crippen molar-refractivity contribution < 1.29 is 4.74 Å². The van der Waals surface area contributed by atoms with Crippen LogP contribution in [0.3, 0.4) is 0 Å². The maximum absolute atomic E-state index is 5.27. The Kier molecular flexibility index (Phi) is 3.42. The number of aromatic nitrogens is 4. The predicted molar refractivity (Wildman–Crippen MR) is 48.5 cm³/mol. The molecule has 2 rings (SSSR count). The molecule has 0 bridgehead atoms. The van der Waals surface area contributed by atoms with Crippen LogP contribution >= 0.6 is 0 Å². The quantitative estimate of drug-likeness (QED) is 0.630. The van der Waals surface area contributed by atoms with Gasteiger partial charge >= 0.3 is 0 Å². The zero-order valence-electron chi connectivity index (χ0n) is 8.09. The highest BCUT2D eigenvalue weighted by Crippen LogP contribution is 1.98. The van der Waals surface area contributed by atoms with Gasteiger partial charge in [-0.1, -0.05) is 0 Å². The third-order valence-corrected chi connectivity index (χ3v) is 2.30. The van der Waals surface area contributed by atoms with E-state index in [4.69, 9.17) is 4.74 Å². The normalized spacial score (nSPS) is 18.6. The van der Waals surface area contributed by atoms with E-state index >= 15 is 0 Å². The highest BCUT2D eigenvalue weighted by molar-refractivity contribution is 4.61. The summed E-state index contributed by atoms with van der Waals surface area (Å²) in [6.45, 7) is 5.72. The van der Waals surface area contributed by atoms with E-state index in [0.29, 0.717) is 0 Å². The molecule has 1 aliphatic heterocycles. The van der Waals surface area contributed by atoms with Crippen molar-refractivity contribution in [3.8, 4) is 0 Å². The summed E-state index contributed by atoms with van der Waals surface area (Å²) in [7, 11) is 0. The van der Waals surface area contributed by atoms with E-state index in [1.807, 2.05) is 0 Å². The molecule has 0 amide bonds. The van der Waals surface area contributed by atoms with E-state index in [1.165, 1.54) is 0 Å². The van der Waals surface area contributed by atoms with Crippen LogP contribution in [0.25, 0.3) is 0 Å². The van der Waals surface area contributed by atoms with Gasteiger partial charge in [-0.05, 0) is 16.8 Å². The largest absolute Gasteiger partial charge is 0.379 e. The maximum atomic E-state index is 5.27. The van der Waals surface area contributed by atoms with E-state index in [-0.39, 0.29) is 0 Å². The second-order valence-corrected chi connectivity index (χ2v) is 3.31. The van der Waals surface area contributed by atoms with Gasteiger partial charge in [-0.3, -0.25) is 4.90 Å². The van der Waals surface area contributed by atoms with Gasteiger partial charge in [0.2, 0.25) is 6.33 Å². The molecule has 1 aromatic rings. The number of tetrazole rings is 1. The molecule has 1 aliphatic rings. The Morgan fingerprint density at radius 1 is 1.21 bits per heavy atom. The number of nitrogens with zero attached hydrogens (tertiary/aromatic N) is 5. The maximum Gasteiger partial charge on any atom is 0.221 e. The van der Waals surface area contributed by atoms with Gasteiger partial charge in [0.25, 0.3) is 0 Å². The van der Waals surface area contributed by atoms with Crippen LogP contribution in [0, 0.1) is 6.33 Å². The Labute approximate surface area is 82.8 Å². The minimum atomic E-state index is 0.838. The Morgan fingerprint density at radius 3 is 2.79 bits per heavy atom. The van der Waals surface area contributed by atoms with E-state index < -0.39 is 0 Å². The highest BCUT2D eigenvalue weighted by Gasteiger charge is 2.09. The van der Waals surface area contributed by atoms with Crippen LogP contribution in [0.1, 0.15) is 6.42 Å². The molecular weight excluding hydrogens is 182 g/mol. The van der Waals surface area contributed by atoms with Gasteiger partial charge in [-0.15, -0.1) is 5.10 Å². The van der Waals surface area contributed by atoms with Crippen LogP contribution in [0.2, 0.25) is 0 Å². The van der Waals surface area contributed by atoms with Crippen LogP contribution in [0.15, 0.2) is 0 Å². The van der Waals surface area contributed by atoms with Gasteiger partial charge in [-0.2, -0.15) is 0 Å². The lowest BCUT2D eigenvalue weighted by Crippen LogP contribution is -2.37. The number of aryl methyl sites for hydroxylation is 1. The molecular formula is C8H14N5O. The van der Waals surface area contributed by atoms with Gasteiger partial charge in [0.1, 0.15) is 0 Å². The number of hydrogen-bond acceptors (Lipinski definition) is 5. The average Bonchev–Trinajstić information content (AvgIpc) is 2.72. The van der Waals surface area contributed by atoms with Crippen LogP contribution in [0.5, 0.6) is 0 Å². The molecule has 1 aromatic heterocycles. The molecule has 1 fully saturated rings. The molecule has 0 aliphatic carbocycles. The molecule has 0 N–H and O–H groups in total. The summed E-state index contributed by atoms with van der Waals surface area (Å²) in [6, 6.07) is 0. The summed E-state index contributed by atoms with van der Waals surface area (Å²) in [4.78, 5) is 2.40. The molecule has 2 heterocycles. The second-order valence-electron chi connectivity index (χ2n) is 3.31. The van der Waals surface area contributed by atoms with E-state index in [9.17, 15) is 0 Å². The summed E-state index contributed by atoms with van der Waals surface area (Å²) < 4.78 is 6.91. The fraction of sp³-hybridized carbons (Fsp3) is 0.875. The van der Waals surface area contributed by atoms with Crippen molar-refractivity contribution in [2.24, 2.45) is 0 Å². The summed E-state index contributed by atoms with van der Waals surface area (Å²) in [5, 5.41) is 10.7. The van der Waals surface area contributed by atoms with Crippen LogP contribution in [-0.4, -0.2) is 58.0 Å². The lowest BCUT2D eigenvalue weighted by Gasteiger charge is -2.26. The second kappa shape index (κ2) is 5.02. The molecule has 0 aromatic carbocycles. The van der Waals surface area contributed by atoms with Gasteiger partial charge in [-0.25, -0.2) is 4.68 Å². The summed E-state index contributed by atoms with van der Waals surface area (Å²) >= 11 is 0. The first kappa shape index (κ1) is 9.54. The topological polar surface area (TPSA) is 56.1 Å². The van der Waals surface area contributed by atoms with Crippen molar-refractivity contribution in [1.29, 1.82) is 0 Å². The van der Waals surface area contributed by atoms with E-state index in [1.54, 1.807) is 4.68 Å². The number of morpholine rings is 1. The Morgan fingerprint density at radius 2 is 2.07 bits per heavy atom. The standard InChI is InChI=1S/C8H14N5O/c1(3-13-8-9-10-11-13)2-12-4-6-14-7-5-12/h1-7H2. The first-order valence-corrected chi connectivity index (χ1v) is 4.89. The Bertz CT molecular complexity index is 244. The molecule has 6 heteroatoms. The fourth-order valence-electron chi connectivity index (χ4n) is 1.52. The molecule has 14 heavy (non-hydrogen) atoms. The summed E-state index contributed by atoms with van der Waals surface area (Å²) in [5.41, 5.74) is 0. The van der Waals surface area contributed by atoms with Crippen molar-refractivity contribution in [3.05, 3.63) is 6.33 Å². The summed E-state index contributed by atoms with van der Waals surface area (Å²) in [6.07, 6.45) is 3.73. The van der Waals surface area contributed by atoms with Crippen LogP contribution in [0.4, 0.5) is 0 Å². The molecule has 1 saturated heterocycles. The van der Waals surface area contributed by atoms with Crippen molar-refractivity contribution in [2.75, 3.05) is 32.8 Å². The zero-order chi connectivity index (χ0) is 9.64. The first-order chi connectivity index (χ1) is 6.95. The van der Waals surface area contributed by atoms with Crippen molar-refractivity contribution >= 4 is 0 Å². The van der Waals surface area contributed by atoms with Gasteiger partial charge in [0.05, 0.1) is 13.2 Å². The molecule has 1 radical (unpaired) electrons. The van der Waals surface area contributed by atoms with Crippen molar-refractivity contribution in [1.82, 2.24) is 25.1 Å². The fourth-order valence-corrected chi connectivity index (χ4v) is 1.52. The number of rotatable bonds is 4. The smallest absolute Gasteiger partial charge is 0.221 e. The van der Waals surface area contributed by atoms with E-state index in [0.717, 1.165) is 45.8 Å². The van der Waals surface area contributed by atoms with Crippen LogP contribution < -0.4 is 0 Å². The highest BCUT2D eigenvalue weighted by atomic mass is 16.5. The number of hydrogen-bond donors (Lipinski definition) is 0. The molecule has 0 atom stereocenters. The van der Waals surface area contributed by atoms with E-state index in [2.05, 4.69) is 26.8 Å². The lowest BCUT2D eigenvalue weighted by molar-refractivity contribution is 0.0368. The van der Waals surface area contributed by atoms with Crippen molar-refractivity contribution in [2.45, 2.75) is 13.0 Å². The third-order valence-electron chi connectivity index (χ3n) is 2.30. The minimum absolute atomic E-state index is 0.838. The Hall–Kier alpha value is -1.01. The third kappa shape index (κ3) is 2.74. The number of ether oxygens (including phenoxy) is 1.